The first kappa shape index (κ1) is 15.8. The summed E-state index contributed by atoms with van der Waals surface area (Å²) in [4.78, 5) is 18.8. The molecule has 0 saturated carbocycles. The maximum atomic E-state index is 13.4. The highest BCUT2D eigenvalue weighted by Gasteiger charge is 2.46. The second-order valence-corrected chi connectivity index (χ2v) is 6.70. The van der Waals surface area contributed by atoms with E-state index in [0.717, 1.165) is 24.9 Å². The molecule has 1 aromatic heterocycles. The van der Waals surface area contributed by atoms with Gasteiger partial charge < -0.3 is 9.64 Å². The van der Waals surface area contributed by atoms with Gasteiger partial charge in [-0.25, -0.2) is 9.18 Å². The quantitative estimate of drug-likeness (QED) is 0.801. The Kier molecular flexibility index (Phi) is 3.99. The lowest BCUT2D eigenvalue weighted by Gasteiger charge is -2.33. The molecule has 2 aliphatic rings. The Morgan fingerprint density at radius 1 is 1.28 bits per heavy atom. The van der Waals surface area contributed by atoms with E-state index in [1.165, 1.54) is 23.9 Å². The fourth-order valence-corrected chi connectivity index (χ4v) is 3.71. The van der Waals surface area contributed by atoms with Gasteiger partial charge in [-0.15, -0.1) is 0 Å². The van der Waals surface area contributed by atoms with Gasteiger partial charge in [-0.1, -0.05) is 6.07 Å². The zero-order valence-electron chi connectivity index (χ0n) is 13.8. The van der Waals surface area contributed by atoms with Crippen molar-refractivity contribution in [3.8, 4) is 0 Å². The lowest BCUT2D eigenvalue weighted by molar-refractivity contribution is -0.0270. The second kappa shape index (κ2) is 6.31. The zero-order chi connectivity index (χ0) is 17.3. The van der Waals surface area contributed by atoms with Crippen LogP contribution >= 0.6 is 0 Å². The maximum absolute atomic E-state index is 13.4. The van der Waals surface area contributed by atoms with Gasteiger partial charge in [0.15, 0.2) is 0 Å². The molecule has 25 heavy (non-hydrogen) atoms. The lowest BCUT2D eigenvalue weighted by Crippen LogP contribution is -2.42. The molecule has 2 aromatic rings. The van der Waals surface area contributed by atoms with E-state index in [1.807, 2.05) is 12.1 Å². The number of fused-ring (bicyclic) bond motifs is 2. The number of piperidine rings is 1. The van der Waals surface area contributed by atoms with Crippen LogP contribution in [-0.2, 0) is 4.74 Å². The molecule has 0 aliphatic carbocycles. The second-order valence-electron chi connectivity index (χ2n) is 6.70. The normalized spacial score (nSPS) is 23.7. The monoisotopic (exact) mass is 338 g/mol. The molecule has 3 heterocycles. The summed E-state index contributed by atoms with van der Waals surface area (Å²) in [5.74, 6) is -0.881. The first-order valence-corrected chi connectivity index (χ1v) is 8.48. The van der Waals surface area contributed by atoms with Gasteiger partial charge in [0.1, 0.15) is 11.4 Å². The number of benzene rings is 1. The predicted molar refractivity (Wildman–Crippen MR) is 92.2 cm³/mol. The fraction of sp³-hybridized carbons (Fsp3) is 0.300. The molecule has 128 valence electrons. The van der Waals surface area contributed by atoms with E-state index in [9.17, 15) is 9.18 Å². The molecule has 1 atom stereocenters. The minimum atomic E-state index is -0.513. The first-order chi connectivity index (χ1) is 12.1. The fourth-order valence-electron chi connectivity index (χ4n) is 3.71. The van der Waals surface area contributed by atoms with Gasteiger partial charge in [0, 0.05) is 31.1 Å². The summed E-state index contributed by atoms with van der Waals surface area (Å²) in [5, 5.41) is 0. The number of ether oxygens (including phenoxy) is 1. The first-order valence-electron chi connectivity index (χ1n) is 8.48. The number of carbonyl (C=O) groups excluding carboxylic acids is 1. The minimum absolute atomic E-state index is 0.262. The minimum Gasteiger partial charge on any atom is -0.453 e. The van der Waals surface area contributed by atoms with Crippen LogP contribution in [0.25, 0.3) is 6.08 Å². The van der Waals surface area contributed by atoms with E-state index in [-0.39, 0.29) is 5.56 Å². The summed E-state index contributed by atoms with van der Waals surface area (Å²) in [6.45, 7) is 1.67. The summed E-state index contributed by atoms with van der Waals surface area (Å²) in [5.41, 5.74) is 2.01. The van der Waals surface area contributed by atoms with Crippen molar-refractivity contribution in [2.45, 2.75) is 24.9 Å². The topological polar surface area (TPSA) is 42.4 Å². The van der Waals surface area contributed by atoms with Crippen LogP contribution in [0.4, 0.5) is 4.39 Å². The third kappa shape index (κ3) is 3.27. The molecular formula is C20H19FN2O2. The Balaban J connectivity index is 1.55. The number of aromatic nitrogens is 1. The predicted octanol–water partition coefficient (Wildman–Crippen LogP) is 3.66. The highest BCUT2D eigenvalue weighted by Crippen LogP contribution is 2.41. The third-order valence-electron chi connectivity index (χ3n) is 4.86. The van der Waals surface area contributed by atoms with Crippen LogP contribution in [-0.4, -0.2) is 34.5 Å². The summed E-state index contributed by atoms with van der Waals surface area (Å²) in [7, 11) is 0. The number of rotatable bonds is 3. The molecule has 2 fully saturated rings. The summed E-state index contributed by atoms with van der Waals surface area (Å²) < 4.78 is 19.2. The van der Waals surface area contributed by atoms with Gasteiger partial charge in [-0.2, -0.15) is 0 Å². The molecule has 2 aliphatic heterocycles. The largest absolute Gasteiger partial charge is 0.453 e. The summed E-state index contributed by atoms with van der Waals surface area (Å²) >= 11 is 0. The highest BCUT2D eigenvalue weighted by molar-refractivity contribution is 5.89. The van der Waals surface area contributed by atoms with Crippen molar-refractivity contribution >= 4 is 12.0 Å². The lowest BCUT2D eigenvalue weighted by atomic mass is 9.94. The standard InChI is InChI=1S/C20H19FN2O2/c21-17-4-1-3-16(12-17)19(24)25-20-7-2-10-23(14-20)18(13-20)11-15-5-8-22-9-6-15/h1,3-6,8-9,11-12H,2,7,10,13-14H2/b18-11+. The van der Waals surface area contributed by atoms with Crippen LogP contribution in [0.15, 0.2) is 54.5 Å². The third-order valence-corrected chi connectivity index (χ3v) is 4.86. The molecular weight excluding hydrogens is 319 g/mol. The zero-order valence-corrected chi connectivity index (χ0v) is 13.8. The smallest absolute Gasteiger partial charge is 0.338 e. The molecule has 0 amide bonds. The SMILES string of the molecule is O=C(OC12CCCN(C1)/C(=C/c1ccncc1)C2)c1cccc(F)c1. The van der Waals surface area contributed by atoms with Crippen LogP contribution in [0.2, 0.25) is 0 Å². The Hall–Kier alpha value is -2.69. The highest BCUT2D eigenvalue weighted by atomic mass is 19.1. The van der Waals surface area contributed by atoms with E-state index in [4.69, 9.17) is 4.74 Å². The van der Waals surface area contributed by atoms with Crippen molar-refractivity contribution in [2.75, 3.05) is 13.1 Å². The Bertz CT molecular complexity index is 821. The van der Waals surface area contributed by atoms with Gasteiger partial charge in [0.2, 0.25) is 0 Å². The average Bonchev–Trinajstić information content (AvgIpc) is 2.85. The molecule has 2 bridgehead atoms. The van der Waals surface area contributed by atoms with Crippen molar-refractivity contribution in [1.29, 1.82) is 0 Å². The number of esters is 1. The maximum Gasteiger partial charge on any atom is 0.338 e. The van der Waals surface area contributed by atoms with Gasteiger partial charge in [0.25, 0.3) is 0 Å². The van der Waals surface area contributed by atoms with Crippen LogP contribution in [0, 0.1) is 5.82 Å². The van der Waals surface area contributed by atoms with E-state index in [2.05, 4.69) is 16.0 Å². The van der Waals surface area contributed by atoms with Crippen molar-refractivity contribution in [3.63, 3.8) is 0 Å². The Morgan fingerprint density at radius 3 is 2.92 bits per heavy atom. The van der Waals surface area contributed by atoms with Crippen LogP contribution in [0.1, 0.15) is 35.2 Å². The number of halogens is 1. The molecule has 4 nitrogen and oxygen atoms in total. The van der Waals surface area contributed by atoms with Crippen molar-refractivity contribution in [3.05, 3.63) is 71.4 Å². The van der Waals surface area contributed by atoms with E-state index >= 15 is 0 Å². The average molecular weight is 338 g/mol. The number of hydrogen-bond donors (Lipinski definition) is 0. The molecule has 0 N–H and O–H groups in total. The number of hydrogen-bond acceptors (Lipinski definition) is 4. The van der Waals surface area contributed by atoms with Gasteiger partial charge in [-0.3, -0.25) is 4.98 Å². The molecule has 0 spiro atoms. The van der Waals surface area contributed by atoms with E-state index < -0.39 is 17.4 Å². The van der Waals surface area contributed by atoms with Gasteiger partial charge in [0.05, 0.1) is 12.1 Å². The molecule has 2 saturated heterocycles. The Labute approximate surface area is 145 Å². The van der Waals surface area contributed by atoms with Crippen molar-refractivity contribution in [1.82, 2.24) is 9.88 Å². The van der Waals surface area contributed by atoms with Gasteiger partial charge >= 0.3 is 5.97 Å². The van der Waals surface area contributed by atoms with Crippen molar-refractivity contribution in [2.24, 2.45) is 0 Å². The summed E-state index contributed by atoms with van der Waals surface area (Å²) in [6, 6.07) is 9.58. The molecule has 1 aromatic carbocycles. The Morgan fingerprint density at radius 2 is 2.12 bits per heavy atom. The number of nitrogens with zero attached hydrogens (tertiary/aromatic N) is 2. The van der Waals surface area contributed by atoms with E-state index in [1.54, 1.807) is 18.5 Å². The number of carbonyl (C=O) groups is 1. The molecule has 4 rings (SSSR count). The van der Waals surface area contributed by atoms with Gasteiger partial charge in [-0.05, 0) is 54.8 Å². The molecule has 1 unspecified atom stereocenters. The molecule has 5 heteroatoms. The molecule has 0 radical (unpaired) electrons. The van der Waals surface area contributed by atoms with Crippen LogP contribution in [0.3, 0.4) is 0 Å². The van der Waals surface area contributed by atoms with Crippen LogP contribution < -0.4 is 0 Å². The summed E-state index contributed by atoms with van der Waals surface area (Å²) in [6.07, 6.45) is 8.16. The van der Waals surface area contributed by atoms with E-state index in [0.29, 0.717) is 13.0 Å². The number of pyridine rings is 1. The van der Waals surface area contributed by atoms with Crippen molar-refractivity contribution < 1.29 is 13.9 Å². The van der Waals surface area contributed by atoms with Crippen LogP contribution in [0.5, 0.6) is 0 Å².